The molecule has 0 bridgehead atoms. The van der Waals surface area contributed by atoms with Gasteiger partial charge in [0.15, 0.2) is 5.82 Å². The van der Waals surface area contributed by atoms with E-state index < -0.39 is 0 Å². The molecule has 2 aliphatic rings. The highest BCUT2D eigenvalue weighted by molar-refractivity contribution is 5.74. The van der Waals surface area contributed by atoms with Crippen LogP contribution in [0.25, 0.3) is 0 Å². The Bertz CT molecular complexity index is 578. The van der Waals surface area contributed by atoms with E-state index in [9.17, 15) is 4.79 Å². The van der Waals surface area contributed by atoms with Crippen molar-refractivity contribution in [2.45, 2.75) is 70.9 Å². The molecule has 1 aromatic rings. The first-order valence-electron chi connectivity index (χ1n) is 9.37. The van der Waals surface area contributed by atoms with Gasteiger partial charge >= 0.3 is 6.03 Å². The Hall–Kier alpha value is -1.59. The normalized spacial score (nSPS) is 24.2. The number of nitrogens with zero attached hydrogens (tertiary/aromatic N) is 4. The van der Waals surface area contributed by atoms with Gasteiger partial charge in [-0.1, -0.05) is 26.7 Å². The smallest absolute Gasteiger partial charge is 0.317 e. The molecule has 2 amide bonds. The molecule has 1 N–H and O–H groups in total. The molecule has 6 heteroatoms. The van der Waals surface area contributed by atoms with Crippen molar-refractivity contribution in [1.82, 2.24) is 25.0 Å². The van der Waals surface area contributed by atoms with Gasteiger partial charge in [-0.15, -0.1) is 10.2 Å². The second-order valence-electron chi connectivity index (χ2n) is 7.91. The highest BCUT2D eigenvalue weighted by Gasteiger charge is 2.31. The quantitative estimate of drug-likeness (QED) is 0.901. The van der Waals surface area contributed by atoms with Crippen LogP contribution in [-0.2, 0) is 13.6 Å². The van der Waals surface area contributed by atoms with Crippen molar-refractivity contribution in [2.24, 2.45) is 18.9 Å². The number of amides is 2. The Morgan fingerprint density at radius 1 is 1.25 bits per heavy atom. The highest BCUT2D eigenvalue weighted by atomic mass is 16.2. The number of nitrogens with one attached hydrogen (secondary N) is 1. The SMILES string of the molecule is CC(C)[C@@H]1CCCC[C@H]1NC(=O)N(C)Cc1nnc(C2CC2)n1C. The van der Waals surface area contributed by atoms with E-state index in [2.05, 4.69) is 33.9 Å². The number of carbonyl (C=O) groups is 1. The van der Waals surface area contributed by atoms with Gasteiger partial charge in [0, 0.05) is 26.1 Å². The lowest BCUT2D eigenvalue weighted by atomic mass is 9.78. The minimum absolute atomic E-state index is 0.00326. The number of hydrogen-bond acceptors (Lipinski definition) is 3. The molecule has 1 heterocycles. The van der Waals surface area contributed by atoms with Crippen molar-refractivity contribution < 1.29 is 4.79 Å². The van der Waals surface area contributed by atoms with Crippen LogP contribution in [-0.4, -0.2) is 38.8 Å². The minimum Gasteiger partial charge on any atom is -0.335 e. The Labute approximate surface area is 145 Å². The summed E-state index contributed by atoms with van der Waals surface area (Å²) in [4.78, 5) is 14.3. The first kappa shape index (κ1) is 17.2. The van der Waals surface area contributed by atoms with Crippen LogP contribution in [0.2, 0.25) is 0 Å². The Morgan fingerprint density at radius 3 is 2.62 bits per heavy atom. The van der Waals surface area contributed by atoms with Crippen LogP contribution in [0.5, 0.6) is 0 Å². The van der Waals surface area contributed by atoms with Gasteiger partial charge < -0.3 is 14.8 Å². The molecule has 0 unspecified atom stereocenters. The summed E-state index contributed by atoms with van der Waals surface area (Å²) in [6, 6.07) is 0.304. The standard InChI is InChI=1S/C18H31N5O/c1-12(2)14-7-5-6-8-15(14)19-18(24)22(3)11-16-20-21-17(23(16)4)13-9-10-13/h12-15H,5-11H2,1-4H3,(H,19,24)/t14-,15+/m0/s1. The molecule has 134 valence electrons. The van der Waals surface area contributed by atoms with E-state index >= 15 is 0 Å². The van der Waals surface area contributed by atoms with Gasteiger partial charge in [0.05, 0.1) is 6.54 Å². The van der Waals surface area contributed by atoms with Crippen molar-refractivity contribution in [3.05, 3.63) is 11.6 Å². The third-order valence-electron chi connectivity index (χ3n) is 5.65. The van der Waals surface area contributed by atoms with Crippen molar-refractivity contribution in [3.8, 4) is 0 Å². The van der Waals surface area contributed by atoms with E-state index in [4.69, 9.17) is 0 Å². The Kier molecular flexibility index (Phi) is 5.11. The van der Waals surface area contributed by atoms with Gasteiger partial charge in [-0.2, -0.15) is 0 Å². The maximum atomic E-state index is 12.6. The third-order valence-corrected chi connectivity index (χ3v) is 5.65. The zero-order valence-electron chi connectivity index (χ0n) is 15.5. The summed E-state index contributed by atoms with van der Waals surface area (Å²) in [6.45, 7) is 5.02. The van der Waals surface area contributed by atoms with Crippen molar-refractivity contribution in [1.29, 1.82) is 0 Å². The number of carbonyl (C=O) groups excluding carboxylic acids is 1. The number of aromatic nitrogens is 3. The monoisotopic (exact) mass is 333 g/mol. The number of urea groups is 1. The summed E-state index contributed by atoms with van der Waals surface area (Å²) in [6.07, 6.45) is 7.24. The maximum Gasteiger partial charge on any atom is 0.317 e. The summed E-state index contributed by atoms with van der Waals surface area (Å²) in [7, 11) is 3.85. The van der Waals surface area contributed by atoms with Crippen molar-refractivity contribution in [3.63, 3.8) is 0 Å². The fraction of sp³-hybridized carbons (Fsp3) is 0.833. The molecule has 1 aromatic heterocycles. The molecule has 0 saturated heterocycles. The summed E-state index contributed by atoms with van der Waals surface area (Å²) in [5.74, 6) is 3.70. The van der Waals surface area contributed by atoms with Crippen LogP contribution >= 0.6 is 0 Å². The van der Waals surface area contributed by atoms with Crippen molar-refractivity contribution >= 4 is 6.03 Å². The summed E-state index contributed by atoms with van der Waals surface area (Å²) < 4.78 is 2.05. The van der Waals surface area contributed by atoms with E-state index in [0.29, 0.717) is 30.3 Å². The third kappa shape index (κ3) is 3.73. The van der Waals surface area contributed by atoms with Gasteiger partial charge in [-0.05, 0) is 37.5 Å². The Balaban J connectivity index is 1.58. The van der Waals surface area contributed by atoms with E-state index in [0.717, 1.165) is 18.1 Å². The molecule has 0 spiro atoms. The van der Waals surface area contributed by atoms with Gasteiger partial charge in [0.2, 0.25) is 0 Å². The molecule has 6 nitrogen and oxygen atoms in total. The molecular formula is C18H31N5O. The zero-order chi connectivity index (χ0) is 17.3. The van der Waals surface area contributed by atoms with Crippen LogP contribution < -0.4 is 5.32 Å². The van der Waals surface area contributed by atoms with Crippen LogP contribution in [0.3, 0.4) is 0 Å². The molecule has 2 aliphatic carbocycles. The van der Waals surface area contributed by atoms with Crippen LogP contribution in [0.15, 0.2) is 0 Å². The van der Waals surface area contributed by atoms with E-state index in [-0.39, 0.29) is 6.03 Å². The van der Waals surface area contributed by atoms with E-state index in [1.165, 1.54) is 32.1 Å². The summed E-state index contributed by atoms with van der Waals surface area (Å²) in [5.41, 5.74) is 0. The van der Waals surface area contributed by atoms with E-state index in [1.807, 2.05) is 14.1 Å². The number of rotatable bonds is 5. The average Bonchev–Trinajstić information content (AvgIpc) is 3.33. The molecule has 0 radical (unpaired) electrons. The summed E-state index contributed by atoms with van der Waals surface area (Å²) in [5, 5.41) is 11.8. The predicted molar refractivity (Wildman–Crippen MR) is 93.6 cm³/mol. The average molecular weight is 333 g/mol. The maximum absolute atomic E-state index is 12.6. The molecular weight excluding hydrogens is 302 g/mol. The lowest BCUT2D eigenvalue weighted by Gasteiger charge is -2.35. The second kappa shape index (κ2) is 7.11. The fourth-order valence-corrected chi connectivity index (χ4v) is 3.90. The molecule has 24 heavy (non-hydrogen) atoms. The first-order valence-corrected chi connectivity index (χ1v) is 9.37. The molecule has 0 aromatic carbocycles. The van der Waals surface area contributed by atoms with Gasteiger partial charge in [0.1, 0.15) is 5.82 Å². The molecule has 0 aliphatic heterocycles. The summed E-state index contributed by atoms with van der Waals surface area (Å²) >= 11 is 0. The van der Waals surface area contributed by atoms with Gasteiger partial charge in [0.25, 0.3) is 0 Å². The van der Waals surface area contributed by atoms with Crippen LogP contribution in [0.1, 0.15) is 69.9 Å². The second-order valence-corrected chi connectivity index (χ2v) is 7.91. The van der Waals surface area contributed by atoms with Crippen LogP contribution in [0.4, 0.5) is 4.79 Å². The van der Waals surface area contributed by atoms with Crippen molar-refractivity contribution in [2.75, 3.05) is 7.05 Å². The van der Waals surface area contributed by atoms with Gasteiger partial charge in [-0.25, -0.2) is 4.79 Å². The molecule has 2 fully saturated rings. The molecule has 3 rings (SSSR count). The number of hydrogen-bond donors (Lipinski definition) is 1. The van der Waals surface area contributed by atoms with Gasteiger partial charge in [-0.3, -0.25) is 0 Å². The highest BCUT2D eigenvalue weighted by Crippen LogP contribution is 2.38. The lowest BCUT2D eigenvalue weighted by molar-refractivity contribution is 0.172. The van der Waals surface area contributed by atoms with E-state index in [1.54, 1.807) is 4.90 Å². The largest absolute Gasteiger partial charge is 0.335 e. The molecule has 2 atom stereocenters. The first-order chi connectivity index (χ1) is 11.5. The van der Waals surface area contributed by atoms with Crippen LogP contribution in [0, 0.1) is 11.8 Å². The zero-order valence-corrected chi connectivity index (χ0v) is 15.5. The topological polar surface area (TPSA) is 63.1 Å². The predicted octanol–water partition coefficient (Wildman–Crippen LogP) is 3.05. The lowest BCUT2D eigenvalue weighted by Crippen LogP contribution is -2.48. The Morgan fingerprint density at radius 2 is 1.96 bits per heavy atom. The minimum atomic E-state index is 0.00326. The molecule has 2 saturated carbocycles. The fourth-order valence-electron chi connectivity index (χ4n) is 3.90.